The van der Waals surface area contributed by atoms with Crippen molar-refractivity contribution in [1.29, 1.82) is 0 Å². The Morgan fingerprint density at radius 2 is 1.47 bits per heavy atom. The van der Waals surface area contributed by atoms with Gasteiger partial charge in [0.25, 0.3) is 0 Å². The monoisotopic (exact) mass is 267 g/mol. The molecule has 0 aliphatic carbocycles. The van der Waals surface area contributed by atoms with Crippen molar-refractivity contribution in [2.45, 2.75) is 21.0 Å². The zero-order chi connectivity index (χ0) is 11.0. The first-order valence-corrected chi connectivity index (χ1v) is 12.1. The van der Waals surface area contributed by atoms with E-state index < -0.39 is 13.3 Å². The Kier molecular flexibility index (Phi) is 1.65. The summed E-state index contributed by atoms with van der Waals surface area (Å²) in [5.41, 5.74) is 0. The zero-order valence-corrected chi connectivity index (χ0v) is 11.3. The van der Waals surface area contributed by atoms with Gasteiger partial charge in [-0.05, 0) is 0 Å². The molecule has 0 aromatic carbocycles. The van der Waals surface area contributed by atoms with E-state index in [0.717, 1.165) is 0 Å². The van der Waals surface area contributed by atoms with E-state index in [1.165, 1.54) is 4.90 Å². The molecule has 2 saturated heterocycles. The van der Waals surface area contributed by atoms with E-state index in [2.05, 4.69) is 23.7 Å². The molecule has 0 unspecified atom stereocenters. The van der Waals surface area contributed by atoms with Crippen LogP contribution < -0.4 is 0 Å². The van der Waals surface area contributed by atoms with Crippen molar-refractivity contribution in [1.82, 2.24) is 4.90 Å². The summed E-state index contributed by atoms with van der Waals surface area (Å²) in [5.74, 6) is 4.86. The normalized spacial score (nSPS) is 45.4. The molecule has 3 rings (SSSR count). The number of likely N-dealkylation sites (tertiary alicyclic amines) is 1. The summed E-state index contributed by atoms with van der Waals surface area (Å²) >= 11 is -1.95. The van der Waals surface area contributed by atoms with E-state index in [-0.39, 0.29) is 23.7 Å². The van der Waals surface area contributed by atoms with Crippen molar-refractivity contribution in [2.75, 3.05) is 7.05 Å². The Hall–Kier alpha value is -0.577. The number of imide groups is 1. The molecule has 3 aliphatic heterocycles. The predicted molar refractivity (Wildman–Crippen MR) is 58.9 cm³/mol. The Morgan fingerprint density at radius 1 is 1.07 bits per heavy atom. The molecule has 0 saturated carbocycles. The molecule has 0 aromatic heterocycles. The van der Waals surface area contributed by atoms with Crippen LogP contribution in [0.1, 0.15) is 0 Å². The average Bonchev–Trinajstić information content (AvgIpc) is 2.69. The summed E-state index contributed by atoms with van der Waals surface area (Å²) in [4.78, 5) is 25.3. The van der Waals surface area contributed by atoms with Crippen LogP contribution in [0.25, 0.3) is 0 Å². The molecule has 3 aliphatic rings. The second-order valence-electron chi connectivity index (χ2n) is 5.54. The van der Waals surface area contributed by atoms with Gasteiger partial charge < -0.3 is 0 Å². The maximum absolute atomic E-state index is 12.0. The molecular formula is C11H15GeNO2. The Morgan fingerprint density at radius 3 is 1.87 bits per heavy atom. The number of nitrogens with zero attached hydrogens (tertiary/aromatic N) is 1. The van der Waals surface area contributed by atoms with Gasteiger partial charge in [-0.1, -0.05) is 0 Å². The van der Waals surface area contributed by atoms with E-state index >= 15 is 0 Å². The first-order valence-electron chi connectivity index (χ1n) is 5.46. The molecule has 2 amide bonds. The van der Waals surface area contributed by atoms with Gasteiger partial charge >= 0.3 is 91.6 Å². The topological polar surface area (TPSA) is 37.4 Å². The van der Waals surface area contributed by atoms with Crippen LogP contribution in [-0.2, 0) is 9.59 Å². The number of carbonyl (C=O) groups excluding carboxylic acids is 2. The number of rotatable bonds is 0. The maximum atomic E-state index is 12.0. The van der Waals surface area contributed by atoms with Gasteiger partial charge in [-0.3, -0.25) is 0 Å². The van der Waals surface area contributed by atoms with Crippen molar-refractivity contribution < 1.29 is 9.59 Å². The van der Waals surface area contributed by atoms with Gasteiger partial charge in [-0.15, -0.1) is 0 Å². The van der Waals surface area contributed by atoms with Crippen molar-refractivity contribution in [3.63, 3.8) is 0 Å². The van der Waals surface area contributed by atoms with Crippen molar-refractivity contribution in [3.8, 4) is 0 Å². The first kappa shape index (κ1) is 9.63. The predicted octanol–water partition coefficient (Wildman–Crippen LogP) is 1.25. The van der Waals surface area contributed by atoms with Crippen LogP contribution in [0.15, 0.2) is 12.2 Å². The van der Waals surface area contributed by atoms with Crippen LogP contribution in [0.3, 0.4) is 0 Å². The quantitative estimate of drug-likeness (QED) is 0.376. The molecule has 4 atom stereocenters. The standard InChI is InChI=1S/C11H15GeNO2/c1-12(2)6-4-5-7(12)9-8(6)10(14)13(3)11(9)15/h4-9H,1-3H3/t6-,7+,8+,9-. The van der Waals surface area contributed by atoms with Gasteiger partial charge in [0, 0.05) is 0 Å². The molecule has 3 nitrogen and oxygen atoms in total. The van der Waals surface area contributed by atoms with Crippen molar-refractivity contribution in [2.24, 2.45) is 11.8 Å². The molecule has 80 valence electrons. The van der Waals surface area contributed by atoms with Gasteiger partial charge in [0.2, 0.25) is 0 Å². The second-order valence-corrected chi connectivity index (χ2v) is 16.0. The molecule has 0 aromatic rings. The fourth-order valence-electron chi connectivity index (χ4n) is 3.74. The van der Waals surface area contributed by atoms with Gasteiger partial charge in [0.15, 0.2) is 0 Å². The Balaban J connectivity index is 2.11. The zero-order valence-electron chi connectivity index (χ0n) is 9.23. The minimum atomic E-state index is -1.95. The molecule has 4 heteroatoms. The summed E-state index contributed by atoms with van der Waals surface area (Å²) in [6.45, 7) is 0. The second kappa shape index (κ2) is 2.56. The van der Waals surface area contributed by atoms with Gasteiger partial charge in [0.1, 0.15) is 0 Å². The summed E-state index contributed by atoms with van der Waals surface area (Å²) in [6.07, 6.45) is 4.44. The number of carbonyl (C=O) groups is 2. The summed E-state index contributed by atoms with van der Waals surface area (Å²) in [5, 5.41) is 0. The molecule has 0 N–H and O–H groups in total. The molecule has 3 heterocycles. The van der Waals surface area contributed by atoms with E-state index in [0.29, 0.717) is 9.50 Å². The van der Waals surface area contributed by atoms with E-state index in [1.54, 1.807) is 7.05 Å². The third kappa shape index (κ3) is 0.888. The Bertz CT molecular complexity index is 367. The van der Waals surface area contributed by atoms with E-state index in [4.69, 9.17) is 0 Å². The molecule has 15 heavy (non-hydrogen) atoms. The van der Waals surface area contributed by atoms with Crippen LogP contribution in [0.5, 0.6) is 0 Å². The van der Waals surface area contributed by atoms with Crippen molar-refractivity contribution >= 4 is 25.1 Å². The third-order valence-corrected chi connectivity index (χ3v) is 14.2. The van der Waals surface area contributed by atoms with E-state index in [9.17, 15) is 9.59 Å². The molecule has 2 fully saturated rings. The van der Waals surface area contributed by atoms with Crippen LogP contribution in [0, 0.1) is 11.8 Å². The number of allylic oxidation sites excluding steroid dienone is 2. The minimum absolute atomic E-state index is 0.00694. The van der Waals surface area contributed by atoms with E-state index in [1.807, 2.05) is 0 Å². The number of fused-ring (bicyclic) bond motifs is 5. The first-order chi connectivity index (χ1) is 6.96. The van der Waals surface area contributed by atoms with Gasteiger partial charge in [-0.2, -0.15) is 0 Å². The van der Waals surface area contributed by atoms with Crippen LogP contribution in [0.2, 0.25) is 21.0 Å². The fraction of sp³-hybridized carbons (Fsp3) is 0.636. The van der Waals surface area contributed by atoms with Crippen LogP contribution in [0.4, 0.5) is 0 Å². The van der Waals surface area contributed by atoms with Crippen LogP contribution >= 0.6 is 0 Å². The van der Waals surface area contributed by atoms with Gasteiger partial charge in [0.05, 0.1) is 0 Å². The molecule has 0 spiro atoms. The summed E-state index contributed by atoms with van der Waals surface area (Å²) in [7, 11) is 1.63. The number of hydrogen-bond acceptors (Lipinski definition) is 2. The number of amides is 2. The molecule has 0 radical (unpaired) electrons. The molecule has 2 bridgehead atoms. The van der Waals surface area contributed by atoms with Crippen LogP contribution in [-0.4, -0.2) is 37.0 Å². The fourth-order valence-corrected chi connectivity index (χ4v) is 12.6. The van der Waals surface area contributed by atoms with Gasteiger partial charge in [-0.25, -0.2) is 0 Å². The van der Waals surface area contributed by atoms with Crippen molar-refractivity contribution in [3.05, 3.63) is 12.2 Å². The molecular weight excluding hydrogens is 251 g/mol. The SMILES string of the molecule is CN1C(=O)[C@@H]2[C@H](C1=O)[C@@H]1C=C[C@H]2[Ge]1([CH3])[CH3]. The number of hydrogen-bond donors (Lipinski definition) is 0. The third-order valence-electron chi connectivity index (χ3n) is 4.64. The Labute approximate surface area is 91.9 Å². The average molecular weight is 266 g/mol. The summed E-state index contributed by atoms with van der Waals surface area (Å²) < 4.78 is 0.891. The summed E-state index contributed by atoms with van der Waals surface area (Å²) in [6, 6.07) is 0.